The van der Waals surface area contributed by atoms with E-state index >= 15 is 4.79 Å². The Balaban J connectivity index is 2.63. The van der Waals surface area contributed by atoms with Gasteiger partial charge in [-0.25, -0.2) is 0 Å². The third kappa shape index (κ3) is 16.8. The number of aromatic hydroxyl groups is 4. The highest BCUT2D eigenvalue weighted by molar-refractivity contribution is 5.90. The smallest absolute Gasteiger partial charge is 0.319 e. The second-order valence-corrected chi connectivity index (χ2v) is 32.1. The van der Waals surface area contributed by atoms with Crippen molar-refractivity contribution in [1.82, 2.24) is 0 Å². The van der Waals surface area contributed by atoms with E-state index in [1.165, 1.54) is 0 Å². The minimum atomic E-state index is -1.94. The van der Waals surface area contributed by atoms with Crippen molar-refractivity contribution >= 4 is 5.97 Å². The number of rotatable bonds is 14. The lowest BCUT2D eigenvalue weighted by atomic mass is 9.59. The Morgan fingerprint density at radius 3 is 0.603 bits per heavy atom. The molecule has 0 spiro atoms. The van der Waals surface area contributed by atoms with Gasteiger partial charge in [0.05, 0.1) is 0 Å². The highest BCUT2D eigenvalue weighted by Gasteiger charge is 2.53. The summed E-state index contributed by atoms with van der Waals surface area (Å²) in [5.41, 5.74) is 4.21. The van der Waals surface area contributed by atoms with Crippen LogP contribution in [0.2, 0.25) is 0 Å². The summed E-state index contributed by atoms with van der Waals surface area (Å²) in [6.07, 6.45) is 4.08. The molecule has 0 aliphatic rings. The first kappa shape index (κ1) is 61.1. The molecule has 0 aliphatic heterocycles. The Kier molecular flexibility index (Phi) is 17.5. The average molecular weight is 1000 g/mol. The Morgan fingerprint density at radius 2 is 0.466 bits per heavy atom. The minimum Gasteiger partial charge on any atom is -0.507 e. The fourth-order valence-corrected chi connectivity index (χ4v) is 11.1. The lowest BCUT2D eigenvalue weighted by molar-refractivity contribution is -0.142. The molecule has 4 aromatic rings. The van der Waals surface area contributed by atoms with E-state index in [1.54, 1.807) is 0 Å². The monoisotopic (exact) mass is 1000 g/mol. The van der Waals surface area contributed by atoms with Crippen molar-refractivity contribution < 1.29 is 30.3 Å². The highest BCUT2D eigenvalue weighted by atomic mass is 16.4. The number of carbonyl (C=O) groups is 1. The van der Waals surface area contributed by atoms with Crippen LogP contribution in [0, 0.1) is 43.3 Å². The van der Waals surface area contributed by atoms with Crippen LogP contribution < -0.4 is 0 Å². The van der Waals surface area contributed by atoms with E-state index in [1.807, 2.05) is 24.3 Å². The number of phenolic OH excluding ortho intramolecular Hbond substituents is 4. The van der Waals surface area contributed by atoms with Crippen LogP contribution in [0.15, 0.2) is 48.5 Å². The second-order valence-electron chi connectivity index (χ2n) is 32.1. The van der Waals surface area contributed by atoms with Gasteiger partial charge in [0.25, 0.3) is 0 Å². The molecular formula is C67H102O6. The number of hydrogen-bond donors (Lipinski definition) is 5. The number of carboxylic acids is 1. The summed E-state index contributed by atoms with van der Waals surface area (Å²) in [5.74, 6) is -1.22. The van der Waals surface area contributed by atoms with Crippen molar-refractivity contribution in [3.8, 4) is 23.0 Å². The number of aliphatic carboxylic acids is 1. The van der Waals surface area contributed by atoms with Crippen LogP contribution in [0.25, 0.3) is 0 Å². The Hall–Kier alpha value is -4.45. The molecule has 0 aromatic heterocycles. The maximum Gasteiger partial charge on any atom is 0.319 e. The molecule has 0 fully saturated rings. The first-order valence-electron chi connectivity index (χ1n) is 27.2. The predicted octanol–water partition coefficient (Wildman–Crippen LogP) is 17.4. The zero-order chi connectivity index (χ0) is 56.2. The van der Waals surface area contributed by atoms with Gasteiger partial charge in [0.15, 0.2) is 0 Å². The van der Waals surface area contributed by atoms with Gasteiger partial charge in [-0.1, -0.05) is 215 Å². The summed E-state index contributed by atoms with van der Waals surface area (Å²) < 4.78 is 0. The molecule has 5 N–H and O–H groups in total. The van der Waals surface area contributed by atoms with Gasteiger partial charge < -0.3 is 25.5 Å². The second kappa shape index (κ2) is 20.9. The zero-order valence-corrected chi connectivity index (χ0v) is 50.5. The molecule has 0 atom stereocenters. The molecule has 6 heteroatoms. The fourth-order valence-electron chi connectivity index (χ4n) is 11.1. The molecule has 0 bridgehead atoms. The lowest BCUT2D eigenvalue weighted by Gasteiger charge is -2.42. The van der Waals surface area contributed by atoms with Gasteiger partial charge in [0.2, 0.25) is 0 Å². The third-order valence-electron chi connectivity index (χ3n) is 13.2. The molecule has 0 unspecified atom stereocenters. The standard InChI is InChI=1S/C67H102O6/c1-59(2,3)33-43-25-41(26-44(54(43)68)34-60(4,5)6)53(42-27-45(35-61(7,8)9)55(69)46(28-42)36-62(10,11)12)67(58(72)73,51-29-47(37-63(13,14)15)56(70)48(30-51)38-64(16,17)18)52-31-49(39-65(19,20)21)57(71)50(32-52)40-66(22,23)24/h25-32,53,68-71H,33-40H2,1-24H3,(H,72,73). The van der Waals surface area contributed by atoms with Crippen molar-refractivity contribution in [2.75, 3.05) is 0 Å². The number of benzene rings is 4. The molecule has 0 saturated carbocycles. The van der Waals surface area contributed by atoms with Crippen LogP contribution in [0.1, 0.15) is 239 Å². The molecule has 73 heavy (non-hydrogen) atoms. The number of phenols is 4. The third-order valence-corrected chi connectivity index (χ3v) is 13.2. The molecular weight excluding hydrogens is 901 g/mol. The van der Waals surface area contributed by atoms with Crippen LogP contribution >= 0.6 is 0 Å². The molecule has 0 saturated heterocycles. The first-order chi connectivity index (χ1) is 32.6. The van der Waals surface area contributed by atoms with Crippen molar-refractivity contribution in [2.45, 2.75) is 229 Å². The average Bonchev–Trinajstić information content (AvgIpc) is 3.12. The van der Waals surface area contributed by atoms with Gasteiger partial charge in [0, 0.05) is 5.92 Å². The Bertz CT molecular complexity index is 2280. The van der Waals surface area contributed by atoms with Crippen molar-refractivity contribution in [1.29, 1.82) is 0 Å². The number of carboxylic acid groups (broad SMARTS) is 1. The normalized spacial score (nSPS) is 13.8. The van der Waals surface area contributed by atoms with Gasteiger partial charge in [-0.05, 0) is 161 Å². The van der Waals surface area contributed by atoms with E-state index in [0.29, 0.717) is 84.7 Å². The quantitative estimate of drug-likeness (QED) is 0.0859. The first-order valence-corrected chi connectivity index (χ1v) is 27.2. The number of hydrogen-bond acceptors (Lipinski definition) is 5. The van der Waals surface area contributed by atoms with Crippen LogP contribution in [0.5, 0.6) is 23.0 Å². The molecule has 6 nitrogen and oxygen atoms in total. The van der Waals surface area contributed by atoms with Gasteiger partial charge >= 0.3 is 5.97 Å². The Morgan fingerprint density at radius 1 is 0.315 bits per heavy atom. The van der Waals surface area contributed by atoms with Crippen LogP contribution in [-0.4, -0.2) is 31.5 Å². The van der Waals surface area contributed by atoms with Crippen LogP contribution in [0.4, 0.5) is 0 Å². The predicted molar refractivity (Wildman–Crippen MR) is 308 cm³/mol. The molecule has 0 aliphatic carbocycles. The maximum atomic E-state index is 16.1. The van der Waals surface area contributed by atoms with E-state index in [4.69, 9.17) is 0 Å². The maximum absolute atomic E-state index is 16.1. The summed E-state index contributed by atoms with van der Waals surface area (Å²) in [6.45, 7) is 51.6. The molecule has 0 radical (unpaired) electrons. The highest BCUT2D eigenvalue weighted by Crippen LogP contribution is 2.55. The molecule has 406 valence electrons. The van der Waals surface area contributed by atoms with Gasteiger partial charge in [-0.2, -0.15) is 0 Å². The van der Waals surface area contributed by atoms with Gasteiger partial charge in [-0.3, -0.25) is 4.79 Å². The van der Waals surface area contributed by atoms with Crippen LogP contribution in [0.3, 0.4) is 0 Å². The molecule has 0 heterocycles. The summed E-state index contributed by atoms with van der Waals surface area (Å²) in [6, 6.07) is 16.1. The summed E-state index contributed by atoms with van der Waals surface area (Å²) in [4.78, 5) is 16.1. The van der Waals surface area contributed by atoms with Crippen molar-refractivity contribution in [3.05, 3.63) is 115 Å². The van der Waals surface area contributed by atoms with Gasteiger partial charge in [-0.15, -0.1) is 0 Å². The summed E-state index contributed by atoms with van der Waals surface area (Å²) >= 11 is 0. The summed E-state index contributed by atoms with van der Waals surface area (Å²) in [7, 11) is 0. The lowest BCUT2D eigenvalue weighted by Crippen LogP contribution is -2.44. The topological polar surface area (TPSA) is 118 Å². The molecule has 4 rings (SSSR count). The van der Waals surface area contributed by atoms with Gasteiger partial charge in [0.1, 0.15) is 28.4 Å². The van der Waals surface area contributed by atoms with E-state index in [-0.39, 0.29) is 66.3 Å². The Labute approximate surface area is 444 Å². The molecule has 4 aromatic carbocycles. The van der Waals surface area contributed by atoms with E-state index < -0.39 is 17.3 Å². The van der Waals surface area contributed by atoms with E-state index in [0.717, 1.165) is 33.4 Å². The largest absolute Gasteiger partial charge is 0.507 e. The zero-order valence-electron chi connectivity index (χ0n) is 50.5. The summed E-state index contributed by atoms with van der Waals surface area (Å²) in [5, 5.41) is 63.0. The van der Waals surface area contributed by atoms with E-state index in [9.17, 15) is 25.5 Å². The van der Waals surface area contributed by atoms with Crippen molar-refractivity contribution in [2.24, 2.45) is 43.3 Å². The van der Waals surface area contributed by atoms with E-state index in [2.05, 4.69) is 190 Å². The SMILES string of the molecule is CC(C)(C)Cc1cc(C(c2cc(CC(C)(C)C)c(O)c(CC(C)(C)C)c2)C(C(=O)O)(c2cc(CC(C)(C)C)c(O)c(CC(C)(C)C)c2)c2cc(CC(C)(C)C)c(O)c(CC(C)(C)C)c2)cc(CC(C)(C)C)c1O. The molecule has 0 amide bonds. The van der Waals surface area contributed by atoms with Crippen molar-refractivity contribution in [3.63, 3.8) is 0 Å². The van der Waals surface area contributed by atoms with Crippen LogP contribution in [-0.2, 0) is 61.6 Å². The fraction of sp³-hybridized carbons (Fsp3) is 0.627. The minimum absolute atomic E-state index is 0.186.